The van der Waals surface area contributed by atoms with Gasteiger partial charge in [-0.2, -0.15) is 20.4 Å². The molecule has 6 aliphatic rings. The molecule has 0 atom stereocenters. The first-order chi connectivity index (χ1) is 63.5. The predicted octanol–water partition coefficient (Wildman–Crippen LogP) is 14.3. The quantitative estimate of drug-likeness (QED) is 0.0543. The largest absolute Gasteiger partial charge is 0.497 e. The summed E-state index contributed by atoms with van der Waals surface area (Å²) < 4.78 is 28.9. The van der Waals surface area contributed by atoms with Gasteiger partial charge in [-0.05, 0) is 171 Å². The molecular weight excluding hydrogens is 1640 g/mol. The second-order valence-corrected chi connectivity index (χ2v) is 34.3. The minimum absolute atomic E-state index is 0.0833. The van der Waals surface area contributed by atoms with E-state index in [9.17, 15) is 19.2 Å². The third-order valence-corrected chi connectivity index (χ3v) is 25.3. The van der Waals surface area contributed by atoms with Crippen molar-refractivity contribution in [3.63, 3.8) is 0 Å². The smallest absolute Gasteiger partial charge is 0.244 e. The molecule has 30 nitrogen and oxygen atoms in total. The van der Waals surface area contributed by atoms with Crippen LogP contribution in [0, 0.1) is 0 Å². The Balaban J connectivity index is 0.000000133. The number of aromatic nitrogens is 14. The Morgan fingerprint density at radius 3 is 0.923 bits per heavy atom. The zero-order valence-electron chi connectivity index (χ0n) is 76.3. The van der Waals surface area contributed by atoms with Crippen molar-refractivity contribution >= 4 is 47.2 Å². The Kier molecular flexibility index (Phi) is 31.2. The van der Waals surface area contributed by atoms with Crippen molar-refractivity contribution in [2.24, 2.45) is 0 Å². The molecule has 8 aromatic heterocycles. The number of ether oxygens (including phenoxy) is 4. The summed E-state index contributed by atoms with van der Waals surface area (Å²) in [6, 6.07) is 55.6. The number of piperazine rings is 4. The van der Waals surface area contributed by atoms with Crippen LogP contribution in [-0.2, 0) is 45.4 Å². The van der Waals surface area contributed by atoms with Crippen LogP contribution in [0.5, 0.6) is 23.0 Å². The van der Waals surface area contributed by atoms with Crippen molar-refractivity contribution in [1.82, 2.24) is 88.6 Å². The Bertz CT molecular complexity index is 5250. The molecule has 2 aliphatic carbocycles. The Hall–Kier alpha value is -13.5. The zero-order chi connectivity index (χ0) is 90.2. The normalized spacial score (nSPS) is 15.7. The van der Waals surface area contributed by atoms with Gasteiger partial charge in [-0.1, -0.05) is 103 Å². The van der Waals surface area contributed by atoms with E-state index < -0.39 is 0 Å². The van der Waals surface area contributed by atoms with E-state index in [1.807, 2.05) is 178 Å². The molecule has 130 heavy (non-hydrogen) atoms. The van der Waals surface area contributed by atoms with Crippen LogP contribution in [0.15, 0.2) is 207 Å². The average molecular weight is 1760 g/mol. The lowest BCUT2D eigenvalue weighted by Crippen LogP contribution is -2.50. The van der Waals surface area contributed by atoms with Crippen molar-refractivity contribution in [1.29, 1.82) is 0 Å². The molecule has 30 heteroatoms. The van der Waals surface area contributed by atoms with E-state index in [4.69, 9.17) is 39.3 Å². The van der Waals surface area contributed by atoms with Crippen molar-refractivity contribution in [3.05, 3.63) is 230 Å². The van der Waals surface area contributed by atoms with Crippen LogP contribution in [0.2, 0.25) is 0 Å². The van der Waals surface area contributed by atoms with Crippen LogP contribution in [0.25, 0.3) is 45.0 Å². The third-order valence-electron chi connectivity index (χ3n) is 25.3. The van der Waals surface area contributed by atoms with E-state index in [0.717, 1.165) is 162 Å². The van der Waals surface area contributed by atoms with E-state index in [0.29, 0.717) is 76.7 Å². The van der Waals surface area contributed by atoms with Gasteiger partial charge in [-0.25, -0.2) is 29.9 Å². The molecule has 0 bridgehead atoms. The lowest BCUT2D eigenvalue weighted by Gasteiger charge is -2.35. The highest BCUT2D eigenvalue weighted by molar-refractivity contribution is 5.79. The maximum absolute atomic E-state index is 13.3. The molecule has 12 heterocycles. The molecule has 18 rings (SSSR count). The standard InChI is InChI=1S/C27H33N5O2.C26H32N6O2.C24H29N5O2.C23H28N6O2/c1-34-23-11-7-10-22(18-23)24-19-25(21-8-3-2-4-9-21)32(29-24)20-27(33)31-16-14-30(15-17-31)26-12-5-6-13-28-26;1-34-22-10-5-9-21(17-22)23-18-24(20-7-3-2-4-8-20)32(29-23)19-25(33)30-13-15-31(16-14-30)26-27-11-6-12-28-26;1-18(2)22-16-21(19-7-9-20(31-3)10-8-19)26-29(22)17-24(30)28-14-12-27(13-15-28)23-6-4-5-11-25-23;1-17(2)21-15-20(18-5-7-19(31-3)8-6-18)26-29(21)16-22(30)27-11-13-28(14-12-27)23-24-9-4-10-25-23/h5-7,10-13,18-19,21H,2-4,8-9,14-17,20H2,1H3;5-6,9-12,17-18,20H,2-4,7-8,13-16,19H2,1H3;4-11,16,18H,12-15,17H2,1-3H3;4-10,15,17H,11-14,16H2,1-3H3. The number of methoxy groups -OCH3 is 4. The first-order valence-electron chi connectivity index (χ1n) is 45.9. The van der Waals surface area contributed by atoms with Gasteiger partial charge in [0.25, 0.3) is 0 Å². The molecule has 0 unspecified atom stereocenters. The number of pyridine rings is 2. The molecule has 680 valence electrons. The van der Waals surface area contributed by atoms with Crippen molar-refractivity contribution < 1.29 is 38.1 Å². The highest BCUT2D eigenvalue weighted by Crippen LogP contribution is 2.39. The number of nitrogens with zero attached hydrogens (tertiary/aromatic N) is 22. The summed E-state index contributed by atoms with van der Waals surface area (Å²) in [7, 11) is 6.66. The molecule has 4 aromatic carbocycles. The van der Waals surface area contributed by atoms with Gasteiger partial charge < -0.3 is 58.1 Å². The fourth-order valence-corrected chi connectivity index (χ4v) is 17.9. The first kappa shape index (κ1) is 91.2. The number of benzene rings is 4. The molecular formula is C100H122N22O8. The van der Waals surface area contributed by atoms with Crippen LogP contribution < -0.4 is 38.5 Å². The summed E-state index contributed by atoms with van der Waals surface area (Å²) in [6.45, 7) is 21.1. The van der Waals surface area contributed by atoms with Gasteiger partial charge in [-0.3, -0.25) is 37.9 Å². The van der Waals surface area contributed by atoms with E-state index in [2.05, 4.69) is 108 Å². The summed E-state index contributed by atoms with van der Waals surface area (Å²) >= 11 is 0. The van der Waals surface area contributed by atoms with Gasteiger partial charge in [-0.15, -0.1) is 0 Å². The van der Waals surface area contributed by atoms with Crippen LogP contribution in [0.3, 0.4) is 0 Å². The van der Waals surface area contributed by atoms with E-state index >= 15 is 0 Å². The van der Waals surface area contributed by atoms with Gasteiger partial charge in [0.05, 0.1) is 51.2 Å². The number of hydrogen-bond donors (Lipinski definition) is 0. The van der Waals surface area contributed by atoms with E-state index in [1.54, 1.807) is 65.5 Å². The van der Waals surface area contributed by atoms with E-state index in [-0.39, 0.29) is 55.1 Å². The van der Waals surface area contributed by atoms with Crippen LogP contribution in [-0.4, -0.2) is 245 Å². The molecule has 12 aromatic rings. The summed E-state index contributed by atoms with van der Waals surface area (Å²) in [5.41, 5.74) is 12.1. The minimum atomic E-state index is 0.0833. The number of anilines is 4. The average Bonchev–Trinajstić information content (AvgIpc) is 1.68. The van der Waals surface area contributed by atoms with Crippen molar-refractivity contribution in [2.45, 2.75) is 142 Å². The zero-order valence-corrected chi connectivity index (χ0v) is 76.3. The van der Waals surface area contributed by atoms with E-state index in [1.165, 1.54) is 62.8 Å². The highest BCUT2D eigenvalue weighted by atomic mass is 16.5. The summed E-state index contributed by atoms with van der Waals surface area (Å²) in [5, 5.41) is 19.3. The molecule has 2 saturated carbocycles. The lowest BCUT2D eigenvalue weighted by molar-refractivity contribution is -0.133. The predicted molar refractivity (Wildman–Crippen MR) is 504 cm³/mol. The Morgan fingerprint density at radius 2 is 0.608 bits per heavy atom. The van der Waals surface area contributed by atoms with Gasteiger partial charge in [0.1, 0.15) is 60.8 Å². The van der Waals surface area contributed by atoms with Crippen molar-refractivity contribution in [2.75, 3.05) is 153 Å². The van der Waals surface area contributed by atoms with Gasteiger partial charge in [0.2, 0.25) is 35.5 Å². The third kappa shape index (κ3) is 23.5. The highest BCUT2D eigenvalue weighted by Gasteiger charge is 2.32. The van der Waals surface area contributed by atoms with Crippen molar-refractivity contribution in [3.8, 4) is 68.0 Å². The molecule has 6 fully saturated rings. The minimum Gasteiger partial charge on any atom is -0.497 e. The van der Waals surface area contributed by atoms with Crippen LogP contribution >= 0.6 is 0 Å². The first-order valence-corrected chi connectivity index (χ1v) is 45.9. The second kappa shape index (κ2) is 44.5. The van der Waals surface area contributed by atoms with Gasteiger partial charge in [0, 0.05) is 199 Å². The van der Waals surface area contributed by atoms with Crippen LogP contribution in [0.4, 0.5) is 23.5 Å². The topological polar surface area (TPSA) is 280 Å². The molecule has 4 saturated heterocycles. The maximum atomic E-state index is 13.3. The summed E-state index contributed by atoms with van der Waals surface area (Å²) in [5.74, 6) is 8.53. The summed E-state index contributed by atoms with van der Waals surface area (Å²) in [6.07, 6.45) is 22.8. The summed E-state index contributed by atoms with van der Waals surface area (Å²) in [4.78, 5) is 95.2. The number of carbonyl (C=O) groups excluding carboxylic acids is 4. The van der Waals surface area contributed by atoms with Gasteiger partial charge in [0.15, 0.2) is 0 Å². The Labute approximate surface area is 762 Å². The Morgan fingerprint density at radius 1 is 0.300 bits per heavy atom. The molecule has 0 N–H and O–H groups in total. The number of amides is 4. The number of hydrogen-bond acceptors (Lipinski definition) is 22. The molecule has 4 amide bonds. The lowest BCUT2D eigenvalue weighted by atomic mass is 9.86. The SMILES string of the molecule is COc1ccc(-c2cc(C(C)C)n(CC(=O)N3CCN(c4ccccn4)CC3)n2)cc1.COc1ccc(-c2cc(C(C)C)n(CC(=O)N3CCN(c4ncccn4)CC3)n2)cc1.COc1cccc(-c2cc(C3CCCCC3)n(CC(=O)N3CCN(c4ccccn4)CC3)n2)c1.COc1cccc(-c2cc(C3CCCCC3)n(CC(=O)N3CCN(c4ncccn4)CC3)n2)c1. The number of carbonyl (C=O) groups is 4. The molecule has 0 radical (unpaired) electrons. The van der Waals surface area contributed by atoms with Crippen LogP contribution in [0.1, 0.15) is 138 Å². The molecule has 4 aliphatic heterocycles. The fourth-order valence-electron chi connectivity index (χ4n) is 17.9. The maximum Gasteiger partial charge on any atom is 0.244 e. The second-order valence-electron chi connectivity index (χ2n) is 34.3. The molecule has 0 spiro atoms. The monoisotopic (exact) mass is 1760 g/mol. The number of rotatable bonds is 24. The van der Waals surface area contributed by atoms with Gasteiger partial charge >= 0.3 is 0 Å². The fraction of sp³-hybridized carbons (Fsp3) is 0.420.